The largest absolute Gasteiger partial charge is 0.326 e. The van der Waals surface area contributed by atoms with E-state index in [9.17, 15) is 14.4 Å². The minimum atomic E-state index is -0.583. The van der Waals surface area contributed by atoms with Crippen molar-refractivity contribution < 1.29 is 14.4 Å². The molecule has 0 aromatic heterocycles. The van der Waals surface area contributed by atoms with Crippen molar-refractivity contribution in [2.24, 2.45) is 5.10 Å². The molecule has 0 bridgehead atoms. The number of carbonyl (C=O) groups is 3. The van der Waals surface area contributed by atoms with E-state index in [0.717, 1.165) is 23.3 Å². The zero-order chi connectivity index (χ0) is 25.3. The van der Waals surface area contributed by atoms with E-state index in [0.29, 0.717) is 23.6 Å². The monoisotopic (exact) mass is 500 g/mol. The van der Waals surface area contributed by atoms with Crippen LogP contribution < -0.4 is 15.6 Å². The Morgan fingerprint density at radius 2 is 1.69 bits per heavy atom. The van der Waals surface area contributed by atoms with Crippen molar-refractivity contribution >= 4 is 46.7 Å². The van der Waals surface area contributed by atoms with Crippen molar-refractivity contribution in [1.29, 1.82) is 0 Å². The maximum atomic E-state index is 13.4. The minimum Gasteiger partial charge on any atom is -0.326 e. The van der Waals surface area contributed by atoms with Crippen LogP contribution in [0.3, 0.4) is 0 Å². The topological polar surface area (TPSA) is 90.9 Å². The predicted molar refractivity (Wildman–Crippen MR) is 144 cm³/mol. The van der Waals surface area contributed by atoms with E-state index in [-0.39, 0.29) is 24.1 Å². The summed E-state index contributed by atoms with van der Waals surface area (Å²) in [5, 5.41) is 10.9. The van der Waals surface area contributed by atoms with Gasteiger partial charge < -0.3 is 10.6 Å². The number of unbranched alkanes of at least 4 members (excludes halogenated alkanes) is 1. The first-order valence-corrected chi connectivity index (χ1v) is 12.8. The van der Waals surface area contributed by atoms with Gasteiger partial charge in [0.15, 0.2) is 0 Å². The Morgan fingerprint density at radius 1 is 0.972 bits per heavy atom. The molecule has 3 amide bonds. The molecule has 8 heteroatoms. The summed E-state index contributed by atoms with van der Waals surface area (Å²) in [6, 6.07) is 26.0. The number of carbonyl (C=O) groups excluding carboxylic acids is 3. The number of amidine groups is 1. The fourth-order valence-corrected chi connectivity index (χ4v) is 4.81. The molecule has 1 unspecified atom stereocenters. The quantitative estimate of drug-likeness (QED) is 0.379. The van der Waals surface area contributed by atoms with Gasteiger partial charge in [0, 0.05) is 17.0 Å². The van der Waals surface area contributed by atoms with Crippen LogP contribution in [0.5, 0.6) is 0 Å². The average Bonchev–Trinajstić information content (AvgIpc) is 3.26. The van der Waals surface area contributed by atoms with Crippen molar-refractivity contribution in [3.63, 3.8) is 0 Å². The molecule has 1 heterocycles. The van der Waals surface area contributed by atoms with Crippen molar-refractivity contribution in [1.82, 2.24) is 5.32 Å². The lowest BCUT2D eigenvalue weighted by molar-refractivity contribution is -0.119. The molecule has 184 valence electrons. The van der Waals surface area contributed by atoms with Crippen molar-refractivity contribution in [3.8, 4) is 0 Å². The van der Waals surface area contributed by atoms with Crippen molar-refractivity contribution in [2.45, 2.75) is 42.8 Å². The van der Waals surface area contributed by atoms with Crippen LogP contribution in [0, 0.1) is 0 Å². The van der Waals surface area contributed by atoms with Crippen molar-refractivity contribution in [2.75, 3.05) is 10.3 Å². The molecule has 3 aromatic rings. The van der Waals surface area contributed by atoms with Gasteiger partial charge >= 0.3 is 0 Å². The number of nitrogens with one attached hydrogen (secondary N) is 2. The summed E-state index contributed by atoms with van der Waals surface area (Å²) < 4.78 is 0. The second-order valence-electron chi connectivity index (χ2n) is 8.34. The molecule has 0 radical (unpaired) electrons. The number of para-hydroxylation sites is 1. The van der Waals surface area contributed by atoms with Gasteiger partial charge in [0.1, 0.15) is 11.1 Å². The number of hydrazone groups is 1. The highest BCUT2D eigenvalue weighted by atomic mass is 32.2. The van der Waals surface area contributed by atoms with Crippen LogP contribution in [-0.2, 0) is 14.4 Å². The molecule has 4 rings (SSSR count). The Balaban J connectivity index is 1.51. The van der Waals surface area contributed by atoms with Gasteiger partial charge in [-0.25, -0.2) is 0 Å². The number of amides is 3. The molecule has 1 atom stereocenters. The zero-order valence-corrected chi connectivity index (χ0v) is 20.8. The second-order valence-corrected chi connectivity index (χ2v) is 9.52. The maximum Gasteiger partial charge on any atom is 0.255 e. The first kappa shape index (κ1) is 25.2. The molecule has 0 saturated carbocycles. The number of benzene rings is 3. The van der Waals surface area contributed by atoms with Crippen LogP contribution in [0.1, 0.15) is 43.4 Å². The fraction of sp³-hybridized carbons (Fsp3) is 0.214. The van der Waals surface area contributed by atoms with E-state index in [1.54, 1.807) is 12.1 Å². The summed E-state index contributed by atoms with van der Waals surface area (Å²) >= 11 is 1.37. The number of nitrogens with zero attached hydrogens (tertiary/aromatic N) is 2. The third kappa shape index (κ3) is 6.60. The first-order chi connectivity index (χ1) is 17.5. The van der Waals surface area contributed by atoms with Gasteiger partial charge in [-0.05, 0) is 42.3 Å². The molecule has 3 aromatic carbocycles. The standard InChI is InChI=1S/C28H28N4O3S/c1-2-3-17-25(33)29-21-13-10-16-23(18-21)36-27(20-11-6-4-7-12-20)28(35)30-24-19-26(34)32(31-24)22-14-8-5-9-15-22/h4-16,18,27H,2-3,17,19H2,1H3,(H,29,33)(H,30,31,35). The smallest absolute Gasteiger partial charge is 0.255 e. The second kappa shape index (κ2) is 12.2. The third-order valence-electron chi connectivity index (χ3n) is 5.51. The highest BCUT2D eigenvalue weighted by molar-refractivity contribution is 8.00. The number of rotatable bonds is 9. The molecule has 2 N–H and O–H groups in total. The van der Waals surface area contributed by atoms with Crippen LogP contribution in [0.2, 0.25) is 0 Å². The lowest BCUT2D eigenvalue weighted by Gasteiger charge is -2.17. The Bertz CT molecular complexity index is 1250. The van der Waals surface area contributed by atoms with Gasteiger partial charge in [-0.1, -0.05) is 67.9 Å². The normalized spacial score (nSPS) is 13.8. The van der Waals surface area contributed by atoms with Crippen LogP contribution >= 0.6 is 11.8 Å². The molecular formula is C28H28N4O3S. The molecule has 36 heavy (non-hydrogen) atoms. The van der Waals surface area contributed by atoms with E-state index < -0.39 is 5.25 Å². The molecule has 1 aliphatic rings. The molecule has 0 fully saturated rings. The lowest BCUT2D eigenvalue weighted by atomic mass is 10.1. The fourth-order valence-electron chi connectivity index (χ4n) is 3.72. The highest BCUT2D eigenvalue weighted by Gasteiger charge is 2.29. The number of thioether (sulfide) groups is 1. The third-order valence-corrected chi connectivity index (χ3v) is 6.76. The van der Waals surface area contributed by atoms with Gasteiger partial charge in [0.05, 0.1) is 12.1 Å². The summed E-state index contributed by atoms with van der Waals surface area (Å²) in [5.41, 5.74) is 2.17. The average molecular weight is 501 g/mol. The van der Waals surface area contributed by atoms with Crippen LogP contribution in [0.25, 0.3) is 0 Å². The predicted octanol–water partition coefficient (Wildman–Crippen LogP) is 5.52. The van der Waals surface area contributed by atoms with E-state index >= 15 is 0 Å². The summed E-state index contributed by atoms with van der Waals surface area (Å²) in [7, 11) is 0. The van der Waals surface area contributed by atoms with Gasteiger partial charge in [-0.2, -0.15) is 10.1 Å². The molecule has 7 nitrogen and oxygen atoms in total. The van der Waals surface area contributed by atoms with Gasteiger partial charge in [0.25, 0.3) is 5.91 Å². The Morgan fingerprint density at radius 3 is 2.42 bits per heavy atom. The molecule has 0 saturated heterocycles. The van der Waals surface area contributed by atoms with E-state index in [2.05, 4.69) is 15.7 Å². The Labute approximate surface area is 215 Å². The van der Waals surface area contributed by atoms with E-state index in [1.165, 1.54) is 16.8 Å². The van der Waals surface area contributed by atoms with Crippen molar-refractivity contribution in [3.05, 3.63) is 90.5 Å². The summed E-state index contributed by atoms with van der Waals surface area (Å²) in [6.45, 7) is 2.05. The van der Waals surface area contributed by atoms with Crippen LogP contribution in [0.15, 0.2) is 94.9 Å². The highest BCUT2D eigenvalue weighted by Crippen LogP contribution is 2.36. The van der Waals surface area contributed by atoms with Gasteiger partial charge in [-0.15, -0.1) is 11.8 Å². The number of anilines is 2. The summed E-state index contributed by atoms with van der Waals surface area (Å²) in [6.07, 6.45) is 2.29. The Hall–Kier alpha value is -3.91. The SMILES string of the molecule is CCCCC(=O)Nc1cccc(SC(C(=O)NC2=NN(c3ccccc3)C(=O)C2)c2ccccc2)c1. The minimum absolute atomic E-state index is 0.0199. The lowest BCUT2D eigenvalue weighted by Crippen LogP contribution is -2.33. The van der Waals surface area contributed by atoms with E-state index in [1.807, 2.05) is 79.7 Å². The molecular weight excluding hydrogens is 472 g/mol. The molecule has 0 aliphatic carbocycles. The summed E-state index contributed by atoms with van der Waals surface area (Å²) in [5.74, 6) is -0.187. The van der Waals surface area contributed by atoms with E-state index in [4.69, 9.17) is 0 Å². The maximum absolute atomic E-state index is 13.4. The zero-order valence-electron chi connectivity index (χ0n) is 20.0. The number of hydrogen-bond donors (Lipinski definition) is 2. The first-order valence-electron chi connectivity index (χ1n) is 11.9. The van der Waals surface area contributed by atoms with Crippen LogP contribution in [-0.4, -0.2) is 23.6 Å². The molecule has 0 spiro atoms. The summed E-state index contributed by atoms with van der Waals surface area (Å²) in [4.78, 5) is 38.9. The Kier molecular flexibility index (Phi) is 8.52. The molecule has 1 aliphatic heterocycles. The van der Waals surface area contributed by atoms with Gasteiger partial charge in [0.2, 0.25) is 11.8 Å². The van der Waals surface area contributed by atoms with Crippen LogP contribution in [0.4, 0.5) is 11.4 Å². The van der Waals surface area contributed by atoms with Gasteiger partial charge in [-0.3, -0.25) is 14.4 Å². The number of hydrogen-bond acceptors (Lipinski definition) is 5.